The van der Waals surface area contributed by atoms with Crippen LogP contribution in [0.3, 0.4) is 0 Å². The van der Waals surface area contributed by atoms with Gasteiger partial charge in [-0.25, -0.2) is 0 Å². The molecule has 0 aliphatic heterocycles. The number of carbonyl (C=O) groups is 1. The molecule has 2 rings (SSSR count). The summed E-state index contributed by atoms with van der Waals surface area (Å²) in [6.07, 6.45) is 0.822. The van der Waals surface area contributed by atoms with Crippen molar-refractivity contribution in [2.24, 2.45) is 4.99 Å². The number of hydrogen-bond donors (Lipinski definition) is 2. The first kappa shape index (κ1) is 21.8. The second-order valence-electron chi connectivity index (χ2n) is 6.37. The molecule has 0 aliphatic carbocycles. The number of halogens is 1. The molecule has 6 heteroatoms. The summed E-state index contributed by atoms with van der Waals surface area (Å²) in [6.45, 7) is 6.78. The van der Waals surface area contributed by atoms with Crippen LogP contribution in [0.15, 0.2) is 53.5 Å². The smallest absolute Gasteiger partial charge is 0.253 e. The Labute approximate surface area is 172 Å². The molecule has 0 saturated carbocycles. The molecule has 0 saturated heterocycles. The van der Waals surface area contributed by atoms with Crippen LogP contribution in [0.5, 0.6) is 0 Å². The van der Waals surface area contributed by atoms with Gasteiger partial charge >= 0.3 is 0 Å². The molecule has 0 unspecified atom stereocenters. The van der Waals surface area contributed by atoms with E-state index in [9.17, 15) is 4.79 Å². The summed E-state index contributed by atoms with van der Waals surface area (Å²) < 4.78 is 0. The van der Waals surface area contributed by atoms with Crippen molar-refractivity contribution >= 4 is 23.5 Å². The Balaban J connectivity index is 1.83. The van der Waals surface area contributed by atoms with Gasteiger partial charge in [-0.15, -0.1) is 0 Å². The van der Waals surface area contributed by atoms with Gasteiger partial charge in [-0.05, 0) is 49.6 Å². The van der Waals surface area contributed by atoms with Gasteiger partial charge in [0.05, 0.1) is 0 Å². The van der Waals surface area contributed by atoms with E-state index in [-0.39, 0.29) is 5.91 Å². The third-order valence-corrected chi connectivity index (χ3v) is 4.95. The molecule has 0 aliphatic rings. The van der Waals surface area contributed by atoms with Crippen molar-refractivity contribution in [3.8, 4) is 0 Å². The average molecular weight is 401 g/mol. The molecule has 0 aromatic heterocycles. The van der Waals surface area contributed by atoms with Crippen LogP contribution in [0.4, 0.5) is 0 Å². The fourth-order valence-electron chi connectivity index (χ4n) is 2.88. The Morgan fingerprint density at radius 3 is 2.32 bits per heavy atom. The third-order valence-electron chi connectivity index (χ3n) is 4.58. The molecule has 2 aromatic rings. The lowest BCUT2D eigenvalue weighted by molar-refractivity contribution is 0.0773. The van der Waals surface area contributed by atoms with E-state index in [0.29, 0.717) is 6.54 Å². The Hall–Kier alpha value is -2.53. The van der Waals surface area contributed by atoms with Crippen molar-refractivity contribution in [2.45, 2.75) is 26.8 Å². The first-order chi connectivity index (χ1) is 13.6. The van der Waals surface area contributed by atoms with Crippen molar-refractivity contribution in [3.05, 3.63) is 70.2 Å². The van der Waals surface area contributed by atoms with Gasteiger partial charge in [0.25, 0.3) is 5.91 Å². The molecule has 0 radical (unpaired) electrons. The van der Waals surface area contributed by atoms with Crippen LogP contribution in [-0.2, 0) is 13.0 Å². The summed E-state index contributed by atoms with van der Waals surface area (Å²) in [7, 11) is 1.75. The van der Waals surface area contributed by atoms with Crippen LogP contribution < -0.4 is 10.6 Å². The van der Waals surface area contributed by atoms with Gasteiger partial charge in [-0.2, -0.15) is 0 Å². The van der Waals surface area contributed by atoms with E-state index >= 15 is 0 Å². The molecule has 0 fully saturated rings. The predicted molar refractivity (Wildman–Crippen MR) is 117 cm³/mol. The van der Waals surface area contributed by atoms with E-state index in [1.807, 2.05) is 67.3 Å². The maximum Gasteiger partial charge on any atom is 0.253 e. The summed E-state index contributed by atoms with van der Waals surface area (Å²) >= 11 is 6.19. The van der Waals surface area contributed by atoms with Gasteiger partial charge in [0.15, 0.2) is 5.96 Å². The Kier molecular flexibility index (Phi) is 8.82. The molecular weight excluding hydrogens is 372 g/mol. The molecule has 1 amide bonds. The molecule has 150 valence electrons. The molecule has 0 atom stereocenters. The molecule has 0 bridgehead atoms. The molecule has 2 N–H and O–H groups in total. The monoisotopic (exact) mass is 400 g/mol. The average Bonchev–Trinajstić information content (AvgIpc) is 2.73. The highest BCUT2D eigenvalue weighted by Gasteiger charge is 2.11. The van der Waals surface area contributed by atoms with Crippen LogP contribution in [-0.4, -0.2) is 43.4 Å². The normalized spacial score (nSPS) is 11.2. The van der Waals surface area contributed by atoms with Gasteiger partial charge < -0.3 is 15.5 Å². The van der Waals surface area contributed by atoms with Crippen molar-refractivity contribution in [3.63, 3.8) is 0 Å². The molecule has 0 heterocycles. The lowest BCUT2D eigenvalue weighted by atomic mass is 10.1. The summed E-state index contributed by atoms with van der Waals surface area (Å²) in [5, 5.41) is 7.37. The molecule has 28 heavy (non-hydrogen) atoms. The van der Waals surface area contributed by atoms with E-state index in [1.165, 1.54) is 0 Å². The Morgan fingerprint density at radius 2 is 1.71 bits per heavy atom. The zero-order chi connectivity index (χ0) is 20.4. The van der Waals surface area contributed by atoms with E-state index in [0.717, 1.165) is 53.7 Å². The summed E-state index contributed by atoms with van der Waals surface area (Å²) in [5.74, 6) is 0.803. The summed E-state index contributed by atoms with van der Waals surface area (Å²) in [5.41, 5.74) is 2.92. The van der Waals surface area contributed by atoms with Crippen molar-refractivity contribution in [1.29, 1.82) is 0 Å². The Morgan fingerprint density at radius 1 is 1.04 bits per heavy atom. The maximum atomic E-state index is 12.4. The Bertz CT molecular complexity index is 785. The van der Waals surface area contributed by atoms with Crippen molar-refractivity contribution in [1.82, 2.24) is 15.5 Å². The SMILES string of the molecule is CCN(CC)C(=O)c1ccc(CNC(=NC)NCCc2ccccc2Cl)cc1. The summed E-state index contributed by atoms with van der Waals surface area (Å²) in [4.78, 5) is 18.4. The standard InChI is InChI=1S/C22H29ClN4O/c1-4-27(5-2)21(28)19-12-10-17(11-13-19)16-26-22(24-3)25-15-14-18-8-6-7-9-20(18)23/h6-13H,4-5,14-16H2,1-3H3,(H2,24,25,26). The van der Waals surface area contributed by atoms with E-state index in [2.05, 4.69) is 15.6 Å². The zero-order valence-corrected chi connectivity index (χ0v) is 17.6. The number of nitrogens with one attached hydrogen (secondary N) is 2. The highest BCUT2D eigenvalue weighted by Crippen LogP contribution is 2.14. The van der Waals surface area contributed by atoms with E-state index in [1.54, 1.807) is 7.05 Å². The van der Waals surface area contributed by atoms with Gasteiger partial charge in [0, 0.05) is 43.8 Å². The molecular formula is C22H29ClN4O. The van der Waals surface area contributed by atoms with Gasteiger partial charge in [-0.3, -0.25) is 9.79 Å². The lowest BCUT2D eigenvalue weighted by Gasteiger charge is -2.18. The molecule has 5 nitrogen and oxygen atoms in total. The molecule has 2 aromatic carbocycles. The minimum atomic E-state index is 0.0709. The fourth-order valence-corrected chi connectivity index (χ4v) is 3.11. The lowest BCUT2D eigenvalue weighted by Crippen LogP contribution is -2.37. The number of guanidine groups is 1. The third kappa shape index (κ3) is 6.27. The highest BCUT2D eigenvalue weighted by molar-refractivity contribution is 6.31. The number of benzene rings is 2. The highest BCUT2D eigenvalue weighted by atomic mass is 35.5. The van der Waals surface area contributed by atoms with E-state index in [4.69, 9.17) is 11.6 Å². The quantitative estimate of drug-likeness (QED) is 0.524. The van der Waals surface area contributed by atoms with Crippen LogP contribution in [0.1, 0.15) is 35.3 Å². The first-order valence-corrected chi connectivity index (χ1v) is 10.0. The number of aliphatic imine (C=N–C) groups is 1. The number of hydrogen-bond acceptors (Lipinski definition) is 2. The van der Waals surface area contributed by atoms with Gasteiger partial charge in [-0.1, -0.05) is 41.9 Å². The maximum absolute atomic E-state index is 12.4. The second kappa shape index (κ2) is 11.3. The minimum absolute atomic E-state index is 0.0709. The van der Waals surface area contributed by atoms with Crippen LogP contribution >= 0.6 is 11.6 Å². The second-order valence-corrected chi connectivity index (χ2v) is 6.78. The number of nitrogens with zero attached hydrogens (tertiary/aromatic N) is 2. The number of carbonyl (C=O) groups excluding carboxylic acids is 1. The van der Waals surface area contributed by atoms with E-state index < -0.39 is 0 Å². The largest absolute Gasteiger partial charge is 0.356 e. The van der Waals surface area contributed by atoms with Crippen LogP contribution in [0.2, 0.25) is 5.02 Å². The van der Waals surface area contributed by atoms with Gasteiger partial charge in [0.1, 0.15) is 0 Å². The minimum Gasteiger partial charge on any atom is -0.356 e. The number of amides is 1. The van der Waals surface area contributed by atoms with Crippen LogP contribution in [0.25, 0.3) is 0 Å². The topological polar surface area (TPSA) is 56.7 Å². The van der Waals surface area contributed by atoms with Crippen molar-refractivity contribution in [2.75, 3.05) is 26.7 Å². The summed E-state index contributed by atoms with van der Waals surface area (Å²) in [6, 6.07) is 15.6. The predicted octanol–water partition coefficient (Wildman–Crippen LogP) is 3.73. The van der Waals surface area contributed by atoms with Crippen LogP contribution in [0, 0.1) is 0 Å². The number of rotatable bonds is 8. The van der Waals surface area contributed by atoms with Gasteiger partial charge in [0.2, 0.25) is 0 Å². The first-order valence-electron chi connectivity index (χ1n) is 9.65. The zero-order valence-electron chi connectivity index (χ0n) is 16.8. The molecule has 0 spiro atoms. The van der Waals surface area contributed by atoms with Crippen molar-refractivity contribution < 1.29 is 4.79 Å². The fraction of sp³-hybridized carbons (Fsp3) is 0.364.